The molecule has 0 unspecified atom stereocenters. The summed E-state index contributed by atoms with van der Waals surface area (Å²) in [5, 5.41) is 3.33. The van der Waals surface area contributed by atoms with Gasteiger partial charge in [-0.25, -0.2) is 0 Å². The Labute approximate surface area is 129 Å². The fraction of sp³-hybridized carbons (Fsp3) is 0.562. The molecular weight excluding hydrogens is 318 g/mol. The number of rotatable bonds is 2. The Kier molecular flexibility index (Phi) is 4.55. The molecule has 2 rings (SSSR count). The molecule has 1 N–H and O–H groups in total. The predicted octanol–water partition coefficient (Wildman–Crippen LogP) is 3.62. The van der Waals surface area contributed by atoms with E-state index >= 15 is 0 Å². The van der Waals surface area contributed by atoms with Crippen LogP contribution in [0.3, 0.4) is 0 Å². The van der Waals surface area contributed by atoms with Gasteiger partial charge in [0.2, 0.25) is 0 Å². The normalized spacial score (nSPS) is 18.6. The number of ether oxygens (including phenoxy) is 1. The monoisotopic (exact) mass is 339 g/mol. The van der Waals surface area contributed by atoms with Gasteiger partial charge in [0.25, 0.3) is 0 Å². The standard InChI is InChI=1S/C16H22BrNO2/c1-15(2,3)14(19)20-16(8-10-18-11-9-16)12-4-6-13(17)7-5-12/h4-7,18H,8-11H2,1-3H3. The second-order valence-electron chi connectivity index (χ2n) is 6.39. The van der Waals surface area contributed by atoms with Crippen LogP contribution in [-0.4, -0.2) is 19.1 Å². The summed E-state index contributed by atoms with van der Waals surface area (Å²) >= 11 is 3.45. The molecule has 0 amide bonds. The van der Waals surface area contributed by atoms with Gasteiger partial charge < -0.3 is 10.1 Å². The fourth-order valence-corrected chi connectivity index (χ4v) is 2.63. The van der Waals surface area contributed by atoms with E-state index < -0.39 is 11.0 Å². The number of hydrogen-bond donors (Lipinski definition) is 1. The maximum Gasteiger partial charge on any atom is 0.312 e. The van der Waals surface area contributed by atoms with Crippen LogP contribution < -0.4 is 5.32 Å². The largest absolute Gasteiger partial charge is 0.454 e. The lowest BCUT2D eigenvalue weighted by atomic mass is 9.84. The Morgan fingerprint density at radius 3 is 2.25 bits per heavy atom. The van der Waals surface area contributed by atoms with Crippen molar-refractivity contribution in [1.29, 1.82) is 0 Å². The number of hydrogen-bond acceptors (Lipinski definition) is 3. The summed E-state index contributed by atoms with van der Waals surface area (Å²) in [5.74, 6) is -0.137. The Hall–Kier alpha value is -0.870. The second kappa shape index (κ2) is 5.86. The van der Waals surface area contributed by atoms with Crippen LogP contribution >= 0.6 is 15.9 Å². The van der Waals surface area contributed by atoms with Gasteiger partial charge in [0, 0.05) is 17.3 Å². The summed E-state index contributed by atoms with van der Waals surface area (Å²) < 4.78 is 7.01. The van der Waals surface area contributed by atoms with Crippen LogP contribution in [-0.2, 0) is 15.1 Å². The molecule has 20 heavy (non-hydrogen) atoms. The van der Waals surface area contributed by atoms with Gasteiger partial charge >= 0.3 is 5.97 Å². The molecule has 0 spiro atoms. The number of piperidine rings is 1. The molecule has 0 aromatic heterocycles. The first-order valence-corrected chi connectivity index (χ1v) is 7.83. The molecule has 0 atom stereocenters. The van der Waals surface area contributed by atoms with E-state index in [1.54, 1.807) is 0 Å². The van der Waals surface area contributed by atoms with E-state index in [0.29, 0.717) is 0 Å². The summed E-state index contributed by atoms with van der Waals surface area (Å²) in [7, 11) is 0. The molecule has 1 saturated heterocycles. The number of halogens is 1. The average Bonchev–Trinajstić information content (AvgIpc) is 2.39. The lowest BCUT2D eigenvalue weighted by molar-refractivity contribution is -0.174. The molecule has 1 aromatic carbocycles. The Morgan fingerprint density at radius 1 is 1.20 bits per heavy atom. The molecule has 0 saturated carbocycles. The van der Waals surface area contributed by atoms with Crippen LogP contribution in [0.25, 0.3) is 0 Å². The van der Waals surface area contributed by atoms with Crippen LogP contribution in [0.2, 0.25) is 0 Å². The molecule has 1 aromatic rings. The zero-order chi connectivity index (χ0) is 14.8. The van der Waals surface area contributed by atoms with Crippen molar-refractivity contribution in [1.82, 2.24) is 5.32 Å². The van der Waals surface area contributed by atoms with E-state index in [2.05, 4.69) is 21.2 Å². The summed E-state index contributed by atoms with van der Waals surface area (Å²) in [5.41, 5.74) is 0.114. The Morgan fingerprint density at radius 2 is 1.75 bits per heavy atom. The first-order chi connectivity index (χ1) is 9.33. The molecule has 1 heterocycles. The topological polar surface area (TPSA) is 38.3 Å². The molecule has 0 aliphatic carbocycles. The fourth-order valence-electron chi connectivity index (χ4n) is 2.36. The minimum atomic E-state index is -0.490. The van der Waals surface area contributed by atoms with Crippen molar-refractivity contribution in [2.24, 2.45) is 5.41 Å². The molecule has 1 fully saturated rings. The molecule has 0 bridgehead atoms. The van der Waals surface area contributed by atoms with Crippen LogP contribution in [0.5, 0.6) is 0 Å². The zero-order valence-electron chi connectivity index (χ0n) is 12.3. The van der Waals surface area contributed by atoms with Crippen molar-refractivity contribution < 1.29 is 9.53 Å². The van der Waals surface area contributed by atoms with Gasteiger partial charge in [0.15, 0.2) is 0 Å². The van der Waals surface area contributed by atoms with Crippen molar-refractivity contribution in [3.05, 3.63) is 34.3 Å². The minimum absolute atomic E-state index is 0.137. The van der Waals surface area contributed by atoms with Gasteiger partial charge in [0.05, 0.1) is 5.41 Å². The van der Waals surface area contributed by atoms with Crippen LogP contribution in [0, 0.1) is 5.41 Å². The van der Waals surface area contributed by atoms with Crippen LogP contribution in [0.15, 0.2) is 28.7 Å². The third-order valence-corrected chi connectivity index (χ3v) is 4.21. The van der Waals surface area contributed by atoms with Crippen molar-refractivity contribution in [2.75, 3.05) is 13.1 Å². The van der Waals surface area contributed by atoms with Gasteiger partial charge in [-0.15, -0.1) is 0 Å². The second-order valence-corrected chi connectivity index (χ2v) is 7.31. The Bertz CT molecular complexity index is 470. The molecule has 1 aliphatic rings. The van der Waals surface area contributed by atoms with Crippen molar-refractivity contribution >= 4 is 21.9 Å². The zero-order valence-corrected chi connectivity index (χ0v) is 13.9. The minimum Gasteiger partial charge on any atom is -0.454 e. The maximum absolute atomic E-state index is 12.3. The van der Waals surface area contributed by atoms with Crippen LogP contribution in [0.4, 0.5) is 0 Å². The highest BCUT2D eigenvalue weighted by Gasteiger charge is 2.40. The van der Waals surface area contributed by atoms with E-state index in [0.717, 1.165) is 36.0 Å². The smallest absolute Gasteiger partial charge is 0.312 e. The van der Waals surface area contributed by atoms with Crippen molar-refractivity contribution in [2.45, 2.75) is 39.2 Å². The molecule has 110 valence electrons. The lowest BCUT2D eigenvalue weighted by Gasteiger charge is -2.39. The summed E-state index contributed by atoms with van der Waals surface area (Å²) in [6, 6.07) is 8.10. The quantitative estimate of drug-likeness (QED) is 0.836. The third kappa shape index (κ3) is 3.41. The average molecular weight is 340 g/mol. The van der Waals surface area contributed by atoms with E-state index in [4.69, 9.17) is 4.74 Å². The number of esters is 1. The highest BCUT2D eigenvalue weighted by atomic mass is 79.9. The number of nitrogens with one attached hydrogen (secondary N) is 1. The lowest BCUT2D eigenvalue weighted by Crippen LogP contribution is -2.45. The molecular formula is C16H22BrNO2. The third-order valence-electron chi connectivity index (χ3n) is 3.68. The van der Waals surface area contributed by atoms with Gasteiger partial charge in [-0.2, -0.15) is 0 Å². The van der Waals surface area contributed by atoms with Crippen molar-refractivity contribution in [3.8, 4) is 0 Å². The summed E-state index contributed by atoms with van der Waals surface area (Å²) in [6.07, 6.45) is 1.63. The molecule has 3 nitrogen and oxygen atoms in total. The van der Waals surface area contributed by atoms with Gasteiger partial charge in [-0.1, -0.05) is 28.1 Å². The van der Waals surface area contributed by atoms with E-state index in [9.17, 15) is 4.79 Å². The SMILES string of the molecule is CC(C)(C)C(=O)OC1(c2ccc(Br)cc2)CCNCC1. The van der Waals surface area contributed by atoms with Crippen molar-refractivity contribution in [3.63, 3.8) is 0 Å². The van der Waals surface area contributed by atoms with E-state index in [1.807, 2.05) is 45.0 Å². The Balaban J connectivity index is 2.30. The number of carbonyl (C=O) groups is 1. The summed E-state index contributed by atoms with van der Waals surface area (Å²) in [6.45, 7) is 7.42. The first-order valence-electron chi connectivity index (χ1n) is 7.04. The molecule has 1 aliphatic heterocycles. The van der Waals surface area contributed by atoms with Crippen LogP contribution in [0.1, 0.15) is 39.2 Å². The van der Waals surface area contributed by atoms with Gasteiger partial charge in [0.1, 0.15) is 5.60 Å². The summed E-state index contributed by atoms with van der Waals surface area (Å²) in [4.78, 5) is 12.3. The molecule has 0 radical (unpaired) electrons. The van der Waals surface area contributed by atoms with Gasteiger partial charge in [-0.3, -0.25) is 4.79 Å². The van der Waals surface area contributed by atoms with E-state index in [1.165, 1.54) is 0 Å². The highest BCUT2D eigenvalue weighted by molar-refractivity contribution is 9.10. The highest BCUT2D eigenvalue weighted by Crippen LogP contribution is 2.37. The number of carbonyl (C=O) groups excluding carboxylic acids is 1. The molecule has 4 heteroatoms. The van der Waals surface area contributed by atoms with Gasteiger partial charge in [-0.05, 0) is 51.6 Å². The number of benzene rings is 1. The predicted molar refractivity (Wildman–Crippen MR) is 83.5 cm³/mol. The van der Waals surface area contributed by atoms with E-state index in [-0.39, 0.29) is 5.97 Å². The maximum atomic E-state index is 12.3. The first kappa shape index (κ1) is 15.5.